The number of nitrogens with zero attached hydrogens (tertiary/aromatic N) is 2. The molecule has 0 saturated carbocycles. The maximum Gasteiger partial charge on any atom is 0.341 e. The molecule has 0 fully saturated rings. The van der Waals surface area contributed by atoms with Gasteiger partial charge in [-0.3, -0.25) is 20.4 Å². The molecule has 0 saturated heterocycles. The number of nitrogens with one attached hydrogen (secondary N) is 3. The molecular formula is C40H35N5O5. The maximum absolute atomic E-state index is 13.7. The van der Waals surface area contributed by atoms with Gasteiger partial charge in [-0.15, -0.1) is 0 Å². The first-order valence-corrected chi connectivity index (χ1v) is 15.9. The highest BCUT2D eigenvalue weighted by atomic mass is 16.5. The summed E-state index contributed by atoms with van der Waals surface area (Å²) in [6, 6.07) is 39.0. The van der Waals surface area contributed by atoms with E-state index >= 15 is 0 Å². The van der Waals surface area contributed by atoms with E-state index in [0.29, 0.717) is 11.2 Å². The number of hydrogen-bond acceptors (Lipinski definition) is 8. The zero-order valence-electron chi connectivity index (χ0n) is 27.5. The van der Waals surface area contributed by atoms with Crippen molar-refractivity contribution in [2.45, 2.75) is 18.0 Å². The summed E-state index contributed by atoms with van der Waals surface area (Å²) < 4.78 is 10.2. The van der Waals surface area contributed by atoms with Crippen molar-refractivity contribution in [2.75, 3.05) is 24.9 Å². The lowest BCUT2D eigenvalue weighted by Gasteiger charge is -2.39. The van der Waals surface area contributed by atoms with E-state index in [1.54, 1.807) is 24.4 Å². The molecule has 1 unspecified atom stereocenters. The molecule has 10 nitrogen and oxygen atoms in total. The number of amides is 2. The first kappa shape index (κ1) is 33.5. The summed E-state index contributed by atoms with van der Waals surface area (Å²) in [6.45, 7) is 0. The third-order valence-electron chi connectivity index (χ3n) is 8.47. The number of benzene rings is 4. The van der Waals surface area contributed by atoms with Gasteiger partial charge in [0.05, 0.1) is 31.0 Å². The van der Waals surface area contributed by atoms with Crippen molar-refractivity contribution in [3.8, 4) is 0 Å². The molecule has 6 rings (SSSR count). The molecule has 4 aromatic carbocycles. The number of fused-ring (bicyclic) bond motifs is 1. The van der Waals surface area contributed by atoms with Crippen LogP contribution in [0.3, 0.4) is 0 Å². The number of hydrogen-bond donors (Lipinski definition) is 3. The molecule has 0 aliphatic rings. The first-order valence-electron chi connectivity index (χ1n) is 15.9. The van der Waals surface area contributed by atoms with Gasteiger partial charge < -0.3 is 14.8 Å². The summed E-state index contributed by atoms with van der Waals surface area (Å²) in [5.74, 6) is -1.02. The Kier molecular flexibility index (Phi) is 10.2. The number of esters is 2. The highest BCUT2D eigenvalue weighted by Gasteiger charge is 2.40. The Balaban J connectivity index is 1.37. The molecule has 0 aliphatic carbocycles. The number of pyridine rings is 2. The van der Waals surface area contributed by atoms with Crippen molar-refractivity contribution < 1.29 is 23.9 Å². The Labute approximate surface area is 289 Å². The summed E-state index contributed by atoms with van der Waals surface area (Å²) in [6.07, 6.45) is 3.33. The number of ether oxygens (including phenoxy) is 2. The number of methoxy groups -OCH3 is 2. The quantitative estimate of drug-likeness (QED) is 0.103. The summed E-state index contributed by atoms with van der Waals surface area (Å²) in [5, 5.41) is 9.93. The van der Waals surface area contributed by atoms with Gasteiger partial charge in [0, 0.05) is 17.8 Å². The van der Waals surface area contributed by atoms with E-state index in [4.69, 9.17) is 9.47 Å². The van der Waals surface area contributed by atoms with Crippen LogP contribution < -0.4 is 16.0 Å². The molecule has 0 aliphatic heterocycles. The second-order valence-electron chi connectivity index (χ2n) is 11.4. The van der Waals surface area contributed by atoms with Crippen LogP contribution in [0.5, 0.6) is 0 Å². The highest BCUT2D eigenvalue weighted by molar-refractivity contribution is 6.07. The summed E-state index contributed by atoms with van der Waals surface area (Å²) in [5.41, 5.74) is 3.78. The average Bonchev–Trinajstić information content (AvgIpc) is 3.18. The lowest BCUT2D eigenvalue weighted by atomic mass is 9.76. The Morgan fingerprint density at radius 1 is 0.660 bits per heavy atom. The highest BCUT2D eigenvalue weighted by Crippen LogP contribution is 2.38. The zero-order valence-corrected chi connectivity index (χ0v) is 27.5. The van der Waals surface area contributed by atoms with Crippen molar-refractivity contribution in [3.63, 3.8) is 0 Å². The van der Waals surface area contributed by atoms with Gasteiger partial charge in [-0.2, -0.15) is 0 Å². The monoisotopic (exact) mass is 665 g/mol. The topological polar surface area (TPSA) is 132 Å². The van der Waals surface area contributed by atoms with Crippen LogP contribution in [0, 0.1) is 0 Å². The van der Waals surface area contributed by atoms with Crippen molar-refractivity contribution in [1.82, 2.24) is 15.3 Å². The molecule has 10 heteroatoms. The van der Waals surface area contributed by atoms with E-state index in [1.807, 2.05) is 103 Å². The number of carbonyl (C=O) groups is 3. The predicted octanol–water partition coefficient (Wildman–Crippen LogP) is 6.73. The number of urea groups is 1. The summed E-state index contributed by atoms with van der Waals surface area (Å²) in [7, 11) is 2.63. The van der Waals surface area contributed by atoms with Gasteiger partial charge in [-0.1, -0.05) is 103 Å². The largest absolute Gasteiger partial charge is 0.468 e. The molecule has 250 valence electrons. The van der Waals surface area contributed by atoms with Gasteiger partial charge in [-0.25, -0.2) is 14.6 Å². The molecule has 3 N–H and O–H groups in total. The SMILES string of the molecule is COC(=O)c1cccnc1NC(=O)Nc1ccc(CC(NC(c2ccccc2)(c2ccccc2)c2ccccc2)C(=O)OC)c2cccnc12. The molecule has 1 atom stereocenters. The third kappa shape index (κ3) is 6.92. The maximum atomic E-state index is 13.7. The Morgan fingerprint density at radius 2 is 1.24 bits per heavy atom. The van der Waals surface area contributed by atoms with E-state index in [2.05, 4.69) is 25.9 Å². The average molecular weight is 666 g/mol. The minimum atomic E-state index is -0.926. The lowest BCUT2D eigenvalue weighted by Crippen LogP contribution is -2.53. The van der Waals surface area contributed by atoms with E-state index in [1.165, 1.54) is 26.5 Å². The van der Waals surface area contributed by atoms with Crippen LogP contribution in [0.1, 0.15) is 32.6 Å². The normalized spacial score (nSPS) is 11.7. The fraction of sp³-hybridized carbons (Fsp3) is 0.125. The standard InChI is InChI=1S/C40H35N5O5/c1-49-37(46)32-21-13-25-42-36(32)44-39(48)43-33-23-22-27(31-20-12-24-41-35(31)33)26-34(38(47)50-2)45-40(28-14-6-3-7-15-28,29-16-8-4-9-17-29)30-18-10-5-11-19-30/h3-25,34,45H,26H2,1-2H3,(H2,42,43,44,48). The second-order valence-corrected chi connectivity index (χ2v) is 11.4. The lowest BCUT2D eigenvalue weighted by molar-refractivity contribution is -0.143. The van der Waals surface area contributed by atoms with Crippen LogP contribution in [0.2, 0.25) is 0 Å². The van der Waals surface area contributed by atoms with E-state index in [0.717, 1.165) is 27.6 Å². The molecule has 50 heavy (non-hydrogen) atoms. The molecule has 6 aromatic rings. The number of aromatic nitrogens is 2. The molecule has 2 amide bonds. The minimum Gasteiger partial charge on any atom is -0.468 e. The molecule has 0 bridgehead atoms. The van der Waals surface area contributed by atoms with Crippen LogP contribution in [-0.4, -0.2) is 48.2 Å². The Bertz CT molecular complexity index is 2010. The first-order chi connectivity index (χ1) is 24.4. The Morgan fingerprint density at radius 3 is 1.82 bits per heavy atom. The second kappa shape index (κ2) is 15.2. The van der Waals surface area contributed by atoms with E-state index < -0.39 is 29.6 Å². The fourth-order valence-electron chi connectivity index (χ4n) is 6.18. The smallest absolute Gasteiger partial charge is 0.341 e. The molecule has 0 radical (unpaired) electrons. The van der Waals surface area contributed by atoms with Gasteiger partial charge in [0.25, 0.3) is 0 Å². The van der Waals surface area contributed by atoms with Gasteiger partial charge in [0.15, 0.2) is 0 Å². The third-order valence-corrected chi connectivity index (χ3v) is 8.47. The van der Waals surface area contributed by atoms with Gasteiger partial charge >= 0.3 is 18.0 Å². The molecular weight excluding hydrogens is 630 g/mol. The van der Waals surface area contributed by atoms with Crippen LogP contribution in [-0.2, 0) is 26.2 Å². The fourth-order valence-corrected chi connectivity index (χ4v) is 6.18. The van der Waals surface area contributed by atoms with Crippen LogP contribution in [0.25, 0.3) is 10.9 Å². The summed E-state index contributed by atoms with van der Waals surface area (Å²) in [4.78, 5) is 47.7. The van der Waals surface area contributed by atoms with Gasteiger partial charge in [-0.05, 0) is 52.9 Å². The van der Waals surface area contributed by atoms with Crippen LogP contribution in [0.15, 0.2) is 140 Å². The van der Waals surface area contributed by atoms with Crippen LogP contribution >= 0.6 is 0 Å². The van der Waals surface area contributed by atoms with E-state index in [9.17, 15) is 14.4 Å². The van der Waals surface area contributed by atoms with Crippen molar-refractivity contribution in [1.29, 1.82) is 0 Å². The molecule has 0 spiro atoms. The van der Waals surface area contributed by atoms with Crippen molar-refractivity contribution >= 4 is 40.4 Å². The number of rotatable bonds is 11. The number of anilines is 2. The van der Waals surface area contributed by atoms with E-state index in [-0.39, 0.29) is 17.8 Å². The molecule has 2 heterocycles. The predicted molar refractivity (Wildman–Crippen MR) is 192 cm³/mol. The van der Waals surface area contributed by atoms with Crippen molar-refractivity contribution in [3.05, 3.63) is 168 Å². The Hall–Kier alpha value is -6.39. The minimum absolute atomic E-state index is 0.0523. The molecule has 2 aromatic heterocycles. The van der Waals surface area contributed by atoms with Crippen LogP contribution in [0.4, 0.5) is 16.3 Å². The van der Waals surface area contributed by atoms with Gasteiger partial charge in [0.2, 0.25) is 0 Å². The van der Waals surface area contributed by atoms with Gasteiger partial charge in [0.1, 0.15) is 17.4 Å². The number of carbonyl (C=O) groups excluding carboxylic acids is 3. The summed E-state index contributed by atoms with van der Waals surface area (Å²) >= 11 is 0. The zero-order chi connectivity index (χ0) is 34.9. The van der Waals surface area contributed by atoms with Crippen molar-refractivity contribution in [2.24, 2.45) is 0 Å².